The maximum absolute atomic E-state index is 6.16. The largest absolute Gasteiger partial charge is 0.495 e. The number of halogens is 1. The van der Waals surface area contributed by atoms with Gasteiger partial charge < -0.3 is 19.7 Å². The van der Waals surface area contributed by atoms with Crippen LogP contribution < -0.4 is 15.0 Å². The summed E-state index contributed by atoms with van der Waals surface area (Å²) in [5.41, 5.74) is 0.849. The van der Waals surface area contributed by atoms with Gasteiger partial charge in [0.2, 0.25) is 0 Å². The van der Waals surface area contributed by atoms with E-state index in [4.69, 9.17) is 21.1 Å². The lowest BCUT2D eigenvalue weighted by atomic mass is 10.3. The van der Waals surface area contributed by atoms with Gasteiger partial charge >= 0.3 is 0 Å². The third kappa shape index (κ3) is 3.83. The average molecular weight is 335 g/mol. The van der Waals surface area contributed by atoms with Crippen molar-refractivity contribution in [3.63, 3.8) is 0 Å². The molecule has 3 rings (SSSR count). The second-order valence-corrected chi connectivity index (χ2v) is 5.64. The van der Waals surface area contributed by atoms with E-state index in [1.807, 2.05) is 31.2 Å². The van der Waals surface area contributed by atoms with Crippen LogP contribution in [0.2, 0.25) is 5.02 Å². The Morgan fingerprint density at radius 2 is 2.00 bits per heavy atom. The summed E-state index contributed by atoms with van der Waals surface area (Å²) in [4.78, 5) is 11.2. The maximum atomic E-state index is 6.16. The molecule has 0 bridgehead atoms. The molecule has 1 aromatic heterocycles. The summed E-state index contributed by atoms with van der Waals surface area (Å²) in [5, 5.41) is 3.82. The Hall–Kier alpha value is -2.05. The molecule has 1 N–H and O–H groups in total. The molecule has 0 saturated carbocycles. The highest BCUT2D eigenvalue weighted by molar-refractivity contribution is 6.32. The Morgan fingerprint density at radius 1 is 1.22 bits per heavy atom. The van der Waals surface area contributed by atoms with Gasteiger partial charge in [-0.1, -0.05) is 11.6 Å². The summed E-state index contributed by atoms with van der Waals surface area (Å²) >= 11 is 6.16. The Morgan fingerprint density at radius 3 is 2.70 bits per heavy atom. The monoisotopic (exact) mass is 334 g/mol. The van der Waals surface area contributed by atoms with Gasteiger partial charge in [-0.3, -0.25) is 0 Å². The summed E-state index contributed by atoms with van der Waals surface area (Å²) in [5.74, 6) is 3.00. The fraction of sp³-hybridized carbons (Fsp3) is 0.375. The molecule has 0 atom stereocenters. The standard InChI is InChI=1S/C16H19ClN4O2/c1-11-18-15(10-16(19-11)21-5-7-23-8-6-21)20-12-3-4-14(22-2)13(17)9-12/h3-4,9-10H,5-8H2,1-2H3,(H,18,19,20). The summed E-state index contributed by atoms with van der Waals surface area (Å²) in [6.07, 6.45) is 0. The first-order chi connectivity index (χ1) is 11.2. The van der Waals surface area contributed by atoms with Crippen molar-refractivity contribution in [3.05, 3.63) is 35.1 Å². The van der Waals surface area contributed by atoms with Crippen molar-refractivity contribution < 1.29 is 9.47 Å². The van der Waals surface area contributed by atoms with Gasteiger partial charge in [0.25, 0.3) is 0 Å². The Bertz CT molecular complexity index is 690. The molecule has 1 aromatic carbocycles. The van der Waals surface area contributed by atoms with Crippen molar-refractivity contribution in [1.82, 2.24) is 9.97 Å². The van der Waals surface area contributed by atoms with E-state index in [1.165, 1.54) is 0 Å². The molecule has 0 spiro atoms. The van der Waals surface area contributed by atoms with E-state index in [9.17, 15) is 0 Å². The van der Waals surface area contributed by atoms with Crippen molar-refractivity contribution in [2.75, 3.05) is 43.6 Å². The lowest BCUT2D eigenvalue weighted by molar-refractivity contribution is 0.122. The summed E-state index contributed by atoms with van der Waals surface area (Å²) in [6.45, 7) is 5.00. The van der Waals surface area contributed by atoms with Gasteiger partial charge in [-0.2, -0.15) is 0 Å². The highest BCUT2D eigenvalue weighted by Gasteiger charge is 2.14. The van der Waals surface area contributed by atoms with E-state index in [-0.39, 0.29) is 0 Å². The number of methoxy groups -OCH3 is 1. The van der Waals surface area contributed by atoms with Crippen LogP contribution in [0.4, 0.5) is 17.3 Å². The second-order valence-electron chi connectivity index (χ2n) is 5.23. The molecule has 7 heteroatoms. The van der Waals surface area contributed by atoms with Crippen LogP contribution in [-0.4, -0.2) is 43.4 Å². The first-order valence-corrected chi connectivity index (χ1v) is 7.82. The number of nitrogens with one attached hydrogen (secondary N) is 1. The summed E-state index contributed by atoms with van der Waals surface area (Å²) in [6, 6.07) is 7.47. The normalized spacial score (nSPS) is 14.7. The van der Waals surface area contributed by atoms with Crippen LogP contribution in [-0.2, 0) is 4.74 Å². The van der Waals surface area contributed by atoms with Gasteiger partial charge in [0.05, 0.1) is 25.3 Å². The van der Waals surface area contributed by atoms with Crippen LogP contribution in [0.5, 0.6) is 5.75 Å². The number of nitrogens with zero attached hydrogens (tertiary/aromatic N) is 3. The quantitative estimate of drug-likeness (QED) is 0.927. The van der Waals surface area contributed by atoms with Crippen LogP contribution in [0.3, 0.4) is 0 Å². The number of ether oxygens (including phenoxy) is 2. The Kier molecular flexibility index (Phi) is 4.83. The zero-order chi connectivity index (χ0) is 16.2. The minimum absolute atomic E-state index is 0.552. The van der Waals surface area contributed by atoms with Gasteiger partial charge in [0, 0.05) is 24.8 Å². The summed E-state index contributed by atoms with van der Waals surface area (Å²) in [7, 11) is 1.59. The van der Waals surface area contributed by atoms with Crippen LogP contribution in [0.25, 0.3) is 0 Å². The number of aromatic nitrogens is 2. The van der Waals surface area contributed by atoms with Crippen molar-refractivity contribution >= 4 is 28.9 Å². The van der Waals surface area contributed by atoms with Gasteiger partial charge in [-0.05, 0) is 25.1 Å². The number of aryl methyl sites for hydroxylation is 1. The number of morpholine rings is 1. The number of anilines is 3. The summed E-state index contributed by atoms with van der Waals surface area (Å²) < 4.78 is 10.5. The molecule has 1 fully saturated rings. The predicted octanol–water partition coefficient (Wildman–Crippen LogP) is 3.03. The first kappa shape index (κ1) is 15.8. The highest BCUT2D eigenvalue weighted by atomic mass is 35.5. The average Bonchev–Trinajstić information content (AvgIpc) is 2.55. The molecule has 2 heterocycles. The van der Waals surface area contributed by atoms with E-state index < -0.39 is 0 Å². The van der Waals surface area contributed by atoms with E-state index in [0.29, 0.717) is 10.8 Å². The zero-order valence-corrected chi connectivity index (χ0v) is 13.9. The maximum Gasteiger partial charge on any atom is 0.137 e. The van der Waals surface area contributed by atoms with Gasteiger partial charge in [0.15, 0.2) is 0 Å². The molecule has 1 saturated heterocycles. The van der Waals surface area contributed by atoms with E-state index in [0.717, 1.165) is 49.5 Å². The molecular weight excluding hydrogens is 316 g/mol. The van der Waals surface area contributed by atoms with Crippen LogP contribution in [0.15, 0.2) is 24.3 Å². The number of rotatable bonds is 4. The predicted molar refractivity (Wildman–Crippen MR) is 91.1 cm³/mol. The van der Waals surface area contributed by atoms with E-state index in [2.05, 4.69) is 20.2 Å². The molecule has 122 valence electrons. The lowest BCUT2D eigenvalue weighted by Gasteiger charge is -2.28. The molecule has 23 heavy (non-hydrogen) atoms. The topological polar surface area (TPSA) is 59.5 Å². The first-order valence-electron chi connectivity index (χ1n) is 7.44. The fourth-order valence-electron chi connectivity index (χ4n) is 2.46. The minimum Gasteiger partial charge on any atom is -0.495 e. The number of hydrogen-bond acceptors (Lipinski definition) is 6. The lowest BCUT2D eigenvalue weighted by Crippen LogP contribution is -2.36. The highest BCUT2D eigenvalue weighted by Crippen LogP contribution is 2.29. The van der Waals surface area contributed by atoms with E-state index in [1.54, 1.807) is 7.11 Å². The van der Waals surface area contributed by atoms with E-state index >= 15 is 0 Å². The van der Waals surface area contributed by atoms with Gasteiger partial charge in [-0.25, -0.2) is 9.97 Å². The molecule has 0 amide bonds. The van der Waals surface area contributed by atoms with Crippen molar-refractivity contribution in [2.45, 2.75) is 6.92 Å². The van der Waals surface area contributed by atoms with Crippen molar-refractivity contribution in [2.24, 2.45) is 0 Å². The van der Waals surface area contributed by atoms with Crippen molar-refractivity contribution in [3.8, 4) is 5.75 Å². The fourth-order valence-corrected chi connectivity index (χ4v) is 2.72. The number of benzene rings is 1. The number of hydrogen-bond donors (Lipinski definition) is 1. The molecule has 1 aliphatic heterocycles. The van der Waals surface area contributed by atoms with Crippen LogP contribution in [0.1, 0.15) is 5.82 Å². The molecule has 2 aromatic rings. The second kappa shape index (κ2) is 7.02. The molecule has 6 nitrogen and oxygen atoms in total. The molecule has 1 aliphatic rings. The van der Waals surface area contributed by atoms with Gasteiger partial charge in [-0.15, -0.1) is 0 Å². The van der Waals surface area contributed by atoms with Crippen LogP contribution >= 0.6 is 11.6 Å². The Balaban J connectivity index is 1.82. The smallest absolute Gasteiger partial charge is 0.137 e. The molecular formula is C16H19ClN4O2. The SMILES string of the molecule is COc1ccc(Nc2cc(N3CCOCC3)nc(C)n2)cc1Cl. The molecule has 0 unspecified atom stereocenters. The molecule has 0 aliphatic carbocycles. The Labute approximate surface area is 140 Å². The third-order valence-corrected chi connectivity index (χ3v) is 3.88. The van der Waals surface area contributed by atoms with Crippen LogP contribution in [0, 0.1) is 6.92 Å². The van der Waals surface area contributed by atoms with Crippen molar-refractivity contribution in [1.29, 1.82) is 0 Å². The molecule has 0 radical (unpaired) electrons. The zero-order valence-electron chi connectivity index (χ0n) is 13.2. The minimum atomic E-state index is 0.552. The third-order valence-electron chi connectivity index (χ3n) is 3.58. The van der Waals surface area contributed by atoms with Gasteiger partial charge in [0.1, 0.15) is 23.2 Å².